The Hall–Kier alpha value is 1.43. The Morgan fingerprint density at radius 2 is 1.36 bits per heavy atom. The van der Waals surface area contributed by atoms with Crippen LogP contribution in [-0.4, -0.2) is 28.4 Å². The average Bonchev–Trinajstić information content (AvgIpc) is 1.62. The molecule has 2 atom stereocenters. The first kappa shape index (κ1) is 18.3. The second-order valence-electron chi connectivity index (χ2n) is 0.630. The van der Waals surface area contributed by atoms with Gasteiger partial charge in [0.05, 0.1) is 5.34 Å². The zero-order valence-electron chi connectivity index (χ0n) is 5.11. The minimum atomic E-state index is -3.24. The van der Waals surface area contributed by atoms with Gasteiger partial charge < -0.3 is 9.79 Å². The Labute approximate surface area is 91.1 Å². The van der Waals surface area contributed by atoms with E-state index in [0.29, 0.717) is 0 Å². The maximum atomic E-state index is 9.24. The Morgan fingerprint density at radius 1 is 1.18 bits per heavy atom. The van der Waals surface area contributed by atoms with E-state index < -0.39 is 16.5 Å². The van der Waals surface area contributed by atoms with Crippen molar-refractivity contribution in [2.24, 2.45) is 0 Å². The fourth-order valence-electron chi connectivity index (χ4n) is 0.0544. The van der Waals surface area contributed by atoms with Crippen molar-refractivity contribution in [1.82, 2.24) is 0 Å². The van der Waals surface area contributed by atoms with Crippen LogP contribution >= 0.6 is 39.7 Å². The van der Waals surface area contributed by atoms with Crippen LogP contribution in [0.3, 0.4) is 0 Å². The largest absolute Gasteiger partial charge is 2.00 e. The second-order valence-corrected chi connectivity index (χ2v) is 2.99. The van der Waals surface area contributed by atoms with Crippen molar-refractivity contribution in [3.63, 3.8) is 0 Å². The molecule has 0 saturated carbocycles. The molecule has 2 unspecified atom stereocenters. The summed E-state index contributed by atoms with van der Waals surface area (Å²) in [6.45, 7) is 0. The molecule has 0 aliphatic rings. The minimum Gasteiger partial charge on any atom is -0.563 e. The van der Waals surface area contributed by atoms with Crippen molar-refractivity contribution in [2.75, 3.05) is 5.34 Å². The van der Waals surface area contributed by atoms with E-state index in [2.05, 4.69) is 4.31 Å². The molecule has 5 nitrogen and oxygen atoms in total. The summed E-state index contributed by atoms with van der Waals surface area (Å²) >= 11 is 9.53. The van der Waals surface area contributed by atoms with Crippen molar-refractivity contribution in [3.05, 3.63) is 0 Å². The predicted molar refractivity (Wildman–Crippen MR) is 38.6 cm³/mol. The van der Waals surface area contributed by atoms with Crippen LogP contribution in [0.1, 0.15) is 0 Å². The van der Waals surface area contributed by atoms with Gasteiger partial charge in [-0.1, -0.05) is 0 Å². The van der Waals surface area contributed by atoms with Crippen molar-refractivity contribution < 1.29 is 23.2 Å². The molecule has 11 heavy (non-hydrogen) atoms. The van der Waals surface area contributed by atoms with E-state index in [1.165, 1.54) is 0 Å². The summed E-state index contributed by atoms with van der Waals surface area (Å²) < 4.78 is 21.6. The number of rotatable bonds is 2. The van der Waals surface area contributed by atoms with Gasteiger partial charge in [-0.3, -0.25) is 0 Å². The molecule has 0 spiro atoms. The van der Waals surface area contributed by atoms with Crippen LogP contribution in [0.2, 0.25) is 0 Å². The van der Waals surface area contributed by atoms with Crippen LogP contribution in [0.15, 0.2) is 0 Å². The monoisotopic (exact) mass is 250 g/mol. The van der Waals surface area contributed by atoms with Gasteiger partial charge in [0.1, 0.15) is 4.31 Å². The van der Waals surface area contributed by atoms with Crippen molar-refractivity contribution in [1.29, 1.82) is 0 Å². The summed E-state index contributed by atoms with van der Waals surface area (Å²) in [6.07, 6.45) is 0. The maximum absolute atomic E-state index is 9.24. The Balaban J connectivity index is -0.000000140. The smallest absolute Gasteiger partial charge is 0.563 e. The van der Waals surface area contributed by atoms with E-state index in [0.717, 1.165) is 0 Å². The third kappa shape index (κ3) is 34.5. The van der Waals surface area contributed by atoms with Crippen LogP contribution in [0.4, 0.5) is 0 Å². The van der Waals surface area contributed by atoms with Gasteiger partial charge in [-0.2, -0.15) is 0 Å². The van der Waals surface area contributed by atoms with E-state index in [-0.39, 0.29) is 28.4 Å². The van der Waals surface area contributed by atoms with Crippen molar-refractivity contribution in [3.8, 4) is 0 Å². The van der Waals surface area contributed by atoms with E-state index in [9.17, 15) is 18.9 Å². The average molecular weight is 251 g/mol. The first-order chi connectivity index (χ1) is 4.54. The number of hydrogen-bond acceptors (Lipinski definition) is 5. The van der Waals surface area contributed by atoms with Gasteiger partial charge >= 0.3 is 39.6 Å². The first-order valence-electron chi connectivity index (χ1n) is 1.63. The molecule has 60 valence electrons. The van der Waals surface area contributed by atoms with Gasteiger partial charge in [0.2, 0.25) is 0 Å². The van der Waals surface area contributed by atoms with Crippen molar-refractivity contribution >= 4 is 62.8 Å². The quantitative estimate of drug-likeness (QED) is 0.394. The van der Waals surface area contributed by atoms with Crippen molar-refractivity contribution in [2.45, 2.75) is 0 Å². The van der Waals surface area contributed by atoms with E-state index in [4.69, 9.17) is 23.2 Å². The summed E-state index contributed by atoms with van der Waals surface area (Å²) in [5.41, 5.74) is 0. The zero-order chi connectivity index (χ0) is 8.57. The summed E-state index contributed by atoms with van der Waals surface area (Å²) in [7, 11) is -6.47. The SMILES string of the molecule is ClCCl.O=[P+]([O-])O[P+](=O)[O-].[Mg+2]. The van der Waals surface area contributed by atoms with Gasteiger partial charge in [0.25, 0.3) is 0 Å². The number of hydrogen-bond donors (Lipinski definition) is 0. The summed E-state index contributed by atoms with van der Waals surface area (Å²) in [5.74, 6) is 0. The van der Waals surface area contributed by atoms with Crippen LogP contribution in [-0.2, 0) is 13.4 Å². The molecule has 0 rings (SSSR count). The Kier molecular flexibility index (Phi) is 23.2. The van der Waals surface area contributed by atoms with E-state index >= 15 is 0 Å². The fourth-order valence-corrected chi connectivity index (χ4v) is 0.490. The molecule has 0 aliphatic carbocycles. The molecule has 0 N–H and O–H groups in total. The maximum Gasteiger partial charge on any atom is 2.00 e. The van der Waals surface area contributed by atoms with Gasteiger partial charge in [0, 0.05) is 0 Å². The first-order valence-corrected chi connectivity index (χ1v) is 4.89. The van der Waals surface area contributed by atoms with Crippen LogP contribution in [0, 0.1) is 0 Å². The third-order valence-corrected chi connectivity index (χ3v) is 1.20. The molecular formula is CH2Cl2MgO5P2+2. The van der Waals surface area contributed by atoms with Gasteiger partial charge in [-0.25, -0.2) is 0 Å². The molecule has 0 aromatic carbocycles. The molecular weight excluding hydrogens is 249 g/mol. The summed E-state index contributed by atoms with van der Waals surface area (Å²) in [4.78, 5) is 18.5. The molecule has 0 bridgehead atoms. The summed E-state index contributed by atoms with van der Waals surface area (Å²) in [5, 5.41) is 0.194. The topological polar surface area (TPSA) is 89.5 Å². The van der Waals surface area contributed by atoms with Gasteiger partial charge in [-0.05, 0) is 9.13 Å². The second kappa shape index (κ2) is 14.0. The van der Waals surface area contributed by atoms with E-state index in [1.807, 2.05) is 0 Å². The standard InChI is InChI=1S/CH2Cl2.Mg.O5P2/c2-1-3;;1-6(2)5-7(3)4/h1H2;;/q;+2;. The third-order valence-electron chi connectivity index (χ3n) is 0.133. The summed E-state index contributed by atoms with van der Waals surface area (Å²) in [6, 6.07) is 0. The normalized spacial score (nSPS) is 10.2. The predicted octanol–water partition coefficient (Wildman–Crippen LogP) is 0.0791. The van der Waals surface area contributed by atoms with Crippen LogP contribution in [0.25, 0.3) is 0 Å². The van der Waals surface area contributed by atoms with Crippen LogP contribution < -0.4 is 9.79 Å². The molecule has 0 fully saturated rings. The number of alkyl halides is 2. The Bertz CT molecular complexity index is 109. The molecule has 0 aromatic rings. The molecule has 0 saturated heterocycles. The van der Waals surface area contributed by atoms with E-state index in [1.54, 1.807) is 0 Å². The zero-order valence-corrected chi connectivity index (χ0v) is 9.82. The van der Waals surface area contributed by atoms with Gasteiger partial charge in [0.15, 0.2) is 0 Å². The Morgan fingerprint density at radius 3 is 1.36 bits per heavy atom. The molecule has 0 aromatic heterocycles. The molecule has 0 amide bonds. The van der Waals surface area contributed by atoms with Gasteiger partial charge in [-0.15, -0.1) is 23.2 Å². The molecule has 0 heterocycles. The fraction of sp³-hybridized carbons (Fsp3) is 1.00. The molecule has 10 heteroatoms. The minimum absolute atomic E-state index is 0. The molecule has 0 aliphatic heterocycles. The molecule has 0 radical (unpaired) electrons. The van der Waals surface area contributed by atoms with Crippen LogP contribution in [0.5, 0.6) is 0 Å². The number of halogens is 2.